The summed E-state index contributed by atoms with van der Waals surface area (Å²) >= 11 is 0. The first-order chi connectivity index (χ1) is 31.4. The van der Waals surface area contributed by atoms with Crippen molar-refractivity contribution in [1.82, 2.24) is 0 Å². The van der Waals surface area contributed by atoms with Gasteiger partial charge in [-0.2, -0.15) is 0 Å². The van der Waals surface area contributed by atoms with E-state index >= 15 is 0 Å². The molecule has 64 heavy (non-hydrogen) atoms. The molecule has 0 spiro atoms. The van der Waals surface area contributed by atoms with E-state index in [0.717, 1.165) is 77.0 Å². The molecule has 0 aromatic heterocycles. The zero-order valence-corrected chi connectivity index (χ0v) is 41.9. The maximum atomic E-state index is 12.7. The molecular formula is C55H96NO7P. The minimum atomic E-state index is -4.31. The second kappa shape index (κ2) is 51.4. The number of esters is 1. The molecule has 2 unspecified atom stereocenters. The molecular weight excluding hydrogens is 818 g/mol. The van der Waals surface area contributed by atoms with Crippen molar-refractivity contribution in [3.8, 4) is 0 Å². The molecule has 0 saturated heterocycles. The summed E-state index contributed by atoms with van der Waals surface area (Å²) in [4.78, 5) is 22.6. The van der Waals surface area contributed by atoms with Gasteiger partial charge in [-0.15, -0.1) is 0 Å². The number of nitrogens with two attached hydrogens (primary N) is 1. The van der Waals surface area contributed by atoms with Crippen LogP contribution in [-0.4, -0.2) is 49.9 Å². The van der Waals surface area contributed by atoms with E-state index in [0.29, 0.717) is 13.0 Å². The SMILES string of the molecule is CC/C=C\C/C=C\C/C=C\C/C=C\C/C=C\C/C=C\CCCOCC(COP(=O)(O)OCCN)OC(=O)CCCCCCCCCCCCCCC/C=C\C/C=C\CCCCCCC. The van der Waals surface area contributed by atoms with Crippen LogP contribution in [0.15, 0.2) is 97.2 Å². The molecule has 0 saturated carbocycles. The third kappa shape index (κ3) is 50.4. The molecule has 368 valence electrons. The third-order valence-electron chi connectivity index (χ3n) is 10.5. The highest BCUT2D eigenvalue weighted by Crippen LogP contribution is 2.43. The normalized spacial score (nSPS) is 14.1. The van der Waals surface area contributed by atoms with Crippen LogP contribution in [0.1, 0.15) is 206 Å². The van der Waals surface area contributed by atoms with Gasteiger partial charge < -0.3 is 20.1 Å². The summed E-state index contributed by atoms with van der Waals surface area (Å²) in [6, 6.07) is 0. The van der Waals surface area contributed by atoms with Crippen molar-refractivity contribution in [3.63, 3.8) is 0 Å². The number of carbonyl (C=O) groups is 1. The number of unbranched alkanes of at least 4 members (excludes halogenated alkanes) is 19. The zero-order chi connectivity index (χ0) is 46.5. The lowest BCUT2D eigenvalue weighted by Crippen LogP contribution is -2.28. The molecule has 0 aromatic rings. The van der Waals surface area contributed by atoms with Gasteiger partial charge in [-0.3, -0.25) is 13.8 Å². The van der Waals surface area contributed by atoms with Crippen molar-refractivity contribution in [3.05, 3.63) is 97.2 Å². The van der Waals surface area contributed by atoms with E-state index < -0.39 is 13.9 Å². The number of phosphoric acid groups is 1. The number of ether oxygens (including phenoxy) is 2. The average Bonchev–Trinajstić information content (AvgIpc) is 3.29. The summed E-state index contributed by atoms with van der Waals surface area (Å²) in [6.07, 6.45) is 68.9. The summed E-state index contributed by atoms with van der Waals surface area (Å²) in [5.41, 5.74) is 5.38. The van der Waals surface area contributed by atoms with E-state index in [4.69, 9.17) is 24.3 Å². The molecule has 0 amide bonds. The van der Waals surface area contributed by atoms with Crippen LogP contribution >= 0.6 is 7.82 Å². The highest BCUT2D eigenvalue weighted by Gasteiger charge is 2.25. The molecule has 0 radical (unpaired) electrons. The Labute approximate surface area is 393 Å². The van der Waals surface area contributed by atoms with Crippen molar-refractivity contribution in [2.24, 2.45) is 5.73 Å². The van der Waals surface area contributed by atoms with Gasteiger partial charge in [0.15, 0.2) is 0 Å². The summed E-state index contributed by atoms with van der Waals surface area (Å²) in [5, 5.41) is 0. The lowest BCUT2D eigenvalue weighted by Gasteiger charge is -2.20. The first-order valence-electron chi connectivity index (χ1n) is 25.7. The van der Waals surface area contributed by atoms with Gasteiger partial charge in [-0.1, -0.05) is 207 Å². The Hall–Kier alpha value is -2.58. The summed E-state index contributed by atoms with van der Waals surface area (Å²) < 4.78 is 33.5. The number of allylic oxidation sites excluding steroid dienone is 16. The Bertz CT molecular complexity index is 1300. The summed E-state index contributed by atoms with van der Waals surface area (Å²) in [7, 11) is -4.31. The fourth-order valence-electron chi connectivity index (χ4n) is 6.75. The van der Waals surface area contributed by atoms with Crippen LogP contribution in [0.4, 0.5) is 0 Å². The van der Waals surface area contributed by atoms with Gasteiger partial charge in [-0.05, 0) is 89.9 Å². The number of hydrogen-bond acceptors (Lipinski definition) is 7. The van der Waals surface area contributed by atoms with Gasteiger partial charge in [0.25, 0.3) is 0 Å². The molecule has 2 atom stereocenters. The lowest BCUT2D eigenvalue weighted by molar-refractivity contribution is -0.154. The third-order valence-corrected chi connectivity index (χ3v) is 11.5. The van der Waals surface area contributed by atoms with E-state index in [2.05, 4.69) is 111 Å². The highest BCUT2D eigenvalue weighted by atomic mass is 31.2. The molecule has 8 nitrogen and oxygen atoms in total. The topological polar surface area (TPSA) is 117 Å². The van der Waals surface area contributed by atoms with Gasteiger partial charge in [0, 0.05) is 19.6 Å². The Morgan fingerprint density at radius 3 is 1.31 bits per heavy atom. The molecule has 0 heterocycles. The Kier molecular flexibility index (Phi) is 49.3. The minimum Gasteiger partial charge on any atom is -0.457 e. The van der Waals surface area contributed by atoms with Crippen LogP contribution in [0.25, 0.3) is 0 Å². The van der Waals surface area contributed by atoms with E-state index in [9.17, 15) is 14.3 Å². The van der Waals surface area contributed by atoms with E-state index in [1.807, 2.05) is 0 Å². The number of carbonyl (C=O) groups excluding carboxylic acids is 1. The van der Waals surface area contributed by atoms with Gasteiger partial charge in [0.1, 0.15) is 6.10 Å². The molecule has 9 heteroatoms. The van der Waals surface area contributed by atoms with Gasteiger partial charge in [-0.25, -0.2) is 4.57 Å². The predicted molar refractivity (Wildman–Crippen MR) is 274 cm³/mol. The molecule has 3 N–H and O–H groups in total. The van der Waals surface area contributed by atoms with Gasteiger partial charge in [0.05, 0.1) is 19.8 Å². The molecule has 0 aliphatic carbocycles. The van der Waals surface area contributed by atoms with Crippen molar-refractivity contribution in [2.45, 2.75) is 213 Å². The van der Waals surface area contributed by atoms with E-state index in [1.54, 1.807) is 0 Å². The molecule has 0 bridgehead atoms. The van der Waals surface area contributed by atoms with Crippen LogP contribution in [0.2, 0.25) is 0 Å². The van der Waals surface area contributed by atoms with E-state index in [-0.39, 0.29) is 32.3 Å². The van der Waals surface area contributed by atoms with Crippen LogP contribution < -0.4 is 5.73 Å². The Morgan fingerprint density at radius 2 is 0.875 bits per heavy atom. The zero-order valence-electron chi connectivity index (χ0n) is 41.0. The quantitative estimate of drug-likeness (QED) is 0.0268. The second-order valence-electron chi connectivity index (χ2n) is 16.6. The van der Waals surface area contributed by atoms with Gasteiger partial charge in [0.2, 0.25) is 0 Å². The molecule has 0 aliphatic heterocycles. The van der Waals surface area contributed by atoms with E-state index in [1.165, 1.54) is 109 Å². The van der Waals surface area contributed by atoms with Crippen molar-refractivity contribution in [2.75, 3.05) is 33.0 Å². The van der Waals surface area contributed by atoms with Crippen LogP contribution in [0.5, 0.6) is 0 Å². The van der Waals surface area contributed by atoms with Crippen molar-refractivity contribution >= 4 is 13.8 Å². The van der Waals surface area contributed by atoms with Crippen LogP contribution in [-0.2, 0) is 27.9 Å². The Morgan fingerprint density at radius 1 is 0.484 bits per heavy atom. The first-order valence-corrected chi connectivity index (χ1v) is 27.2. The number of phosphoric ester groups is 1. The summed E-state index contributed by atoms with van der Waals surface area (Å²) in [5.74, 6) is -0.353. The smallest absolute Gasteiger partial charge is 0.457 e. The summed E-state index contributed by atoms with van der Waals surface area (Å²) in [6.45, 7) is 4.63. The maximum absolute atomic E-state index is 12.7. The largest absolute Gasteiger partial charge is 0.472 e. The first kappa shape index (κ1) is 61.4. The lowest BCUT2D eigenvalue weighted by atomic mass is 10.0. The molecule has 0 aliphatic rings. The molecule has 0 rings (SSSR count). The monoisotopic (exact) mass is 914 g/mol. The maximum Gasteiger partial charge on any atom is 0.472 e. The fourth-order valence-corrected chi connectivity index (χ4v) is 7.52. The van der Waals surface area contributed by atoms with Crippen LogP contribution in [0.3, 0.4) is 0 Å². The Balaban J connectivity index is 4.04. The highest BCUT2D eigenvalue weighted by molar-refractivity contribution is 7.47. The second-order valence-corrected chi connectivity index (χ2v) is 18.1. The molecule has 0 fully saturated rings. The number of rotatable bonds is 48. The standard InChI is InChI=1S/C55H96NO7P/c1-3-5-7-9-11-13-15-17-19-21-23-25-26-27-28-29-30-32-34-36-38-40-42-44-46-48-55(57)63-54(53-62-64(58,59)61-51-49-56)52-60-50-47-45-43-41-39-37-35-33-31-24-22-20-18-16-14-12-10-8-6-4-2/h6,8,12,14-15,17-18,20-21,23-24,31,35,37,41,43,54H,3-5,7,9-11,13,16,19,22,25-30,32-34,36,38-40,42,44-53,56H2,1-2H3,(H,58,59)/b8-6-,14-12-,17-15-,20-18-,23-21-,31-24-,37-35-,43-41-. The van der Waals surface area contributed by atoms with Crippen molar-refractivity contribution < 1.29 is 32.8 Å². The predicted octanol–water partition coefficient (Wildman–Crippen LogP) is 16.2. The van der Waals surface area contributed by atoms with Gasteiger partial charge >= 0.3 is 13.8 Å². The molecule has 0 aromatic carbocycles. The minimum absolute atomic E-state index is 0.0711. The number of hydrogen-bond donors (Lipinski definition) is 2. The average molecular weight is 914 g/mol. The van der Waals surface area contributed by atoms with Crippen LogP contribution in [0, 0.1) is 0 Å². The van der Waals surface area contributed by atoms with Crippen molar-refractivity contribution in [1.29, 1.82) is 0 Å². The fraction of sp³-hybridized carbons (Fsp3) is 0.691.